The molecule has 0 spiro atoms. The number of fused-ring (bicyclic) bond motifs is 3. The van der Waals surface area contributed by atoms with E-state index < -0.39 is 0 Å². The summed E-state index contributed by atoms with van der Waals surface area (Å²) in [6.45, 7) is 10.9. The van der Waals surface area contributed by atoms with Gasteiger partial charge in [0, 0.05) is 43.5 Å². The molecule has 3 aromatic heterocycles. The second-order valence-electron chi connectivity index (χ2n) is 11.4. The van der Waals surface area contributed by atoms with Crippen LogP contribution in [0.2, 0.25) is 0 Å². The van der Waals surface area contributed by atoms with Gasteiger partial charge in [-0.25, -0.2) is 0 Å². The number of hydrogen-bond acceptors (Lipinski definition) is 3. The molecule has 1 aliphatic rings. The van der Waals surface area contributed by atoms with Gasteiger partial charge in [0.05, 0.1) is 0 Å². The summed E-state index contributed by atoms with van der Waals surface area (Å²) in [5.41, 5.74) is 15.1. The quantitative estimate of drug-likeness (QED) is 0.170. The topological polar surface area (TPSA) is 38.7 Å². The van der Waals surface area contributed by atoms with E-state index >= 15 is 0 Å². The molecule has 7 rings (SSSR count). The maximum absolute atomic E-state index is 4.59. The van der Waals surface area contributed by atoms with E-state index in [1.807, 2.05) is 30.6 Å². The molecule has 0 aliphatic heterocycles. The minimum atomic E-state index is -0.00159. The zero-order valence-corrected chi connectivity index (χ0v) is 27.5. The molecule has 0 fully saturated rings. The Morgan fingerprint density at radius 3 is 2.09 bits per heavy atom. The largest absolute Gasteiger partial charge is 0.317 e. The Kier molecular flexibility index (Phi) is 8.82. The van der Waals surface area contributed by atoms with Crippen molar-refractivity contribution in [3.05, 3.63) is 150 Å². The third-order valence-electron chi connectivity index (χ3n) is 8.21. The first kappa shape index (κ1) is 30.2. The van der Waals surface area contributed by atoms with Crippen LogP contribution in [-0.2, 0) is 25.5 Å². The molecule has 43 heavy (non-hydrogen) atoms. The summed E-state index contributed by atoms with van der Waals surface area (Å²) in [7, 11) is 0. The van der Waals surface area contributed by atoms with Gasteiger partial charge >= 0.3 is 0 Å². The normalized spacial score (nSPS) is 12.3. The predicted molar refractivity (Wildman–Crippen MR) is 172 cm³/mol. The molecule has 0 bridgehead atoms. The molecule has 3 aromatic carbocycles. The van der Waals surface area contributed by atoms with Crippen LogP contribution in [0.5, 0.6) is 0 Å². The third kappa shape index (κ3) is 5.99. The van der Waals surface area contributed by atoms with Gasteiger partial charge in [0.2, 0.25) is 0 Å². The van der Waals surface area contributed by atoms with Crippen LogP contribution in [0, 0.1) is 32.9 Å². The van der Waals surface area contributed by atoms with Crippen molar-refractivity contribution in [2.24, 2.45) is 0 Å². The van der Waals surface area contributed by atoms with Crippen molar-refractivity contribution in [1.82, 2.24) is 15.0 Å². The second-order valence-corrected chi connectivity index (χ2v) is 11.4. The van der Waals surface area contributed by atoms with Crippen LogP contribution >= 0.6 is 0 Å². The Balaban J connectivity index is 0.000000167. The van der Waals surface area contributed by atoms with Gasteiger partial charge < -0.3 is 9.97 Å². The van der Waals surface area contributed by atoms with Crippen LogP contribution in [0.15, 0.2) is 110 Å². The van der Waals surface area contributed by atoms with Crippen LogP contribution in [0.4, 0.5) is 0 Å². The standard InChI is InChI=1S/C20H18N.C19H15N2.Ir/c1-14-9-10-18(20-11-15(2)16(3)13-21-20)12-19(14)17-7-5-4-6-8-17;1-19(2)15-8-4-3-7-13(15)14-12-21-18(11-16(14)19)17-9-5-6-10-20-17;/h4-9,11-13H,1-3H3;3-8,10-12H,1-2H3;/q2*-1;. The maximum atomic E-state index is 4.59. The van der Waals surface area contributed by atoms with Gasteiger partial charge in [-0.1, -0.05) is 98.6 Å². The zero-order valence-electron chi connectivity index (χ0n) is 25.1. The molecule has 1 radical (unpaired) electrons. The number of aryl methyl sites for hydroxylation is 3. The number of aromatic nitrogens is 3. The Bertz CT molecular complexity index is 1880. The maximum Gasteiger partial charge on any atom is 0.0207 e. The Morgan fingerprint density at radius 2 is 1.35 bits per heavy atom. The van der Waals surface area contributed by atoms with Crippen molar-refractivity contribution in [3.63, 3.8) is 0 Å². The van der Waals surface area contributed by atoms with Crippen molar-refractivity contribution in [3.8, 4) is 44.9 Å². The van der Waals surface area contributed by atoms with E-state index in [4.69, 9.17) is 0 Å². The number of hydrogen-bond donors (Lipinski definition) is 0. The van der Waals surface area contributed by atoms with Crippen molar-refractivity contribution < 1.29 is 20.1 Å². The minimum absolute atomic E-state index is 0. The van der Waals surface area contributed by atoms with Crippen molar-refractivity contribution in [2.75, 3.05) is 0 Å². The fraction of sp³-hybridized carbons (Fsp3) is 0.154. The van der Waals surface area contributed by atoms with Gasteiger partial charge in [-0.05, 0) is 64.9 Å². The molecule has 3 heterocycles. The van der Waals surface area contributed by atoms with E-state index in [0.717, 1.165) is 22.6 Å². The summed E-state index contributed by atoms with van der Waals surface area (Å²) in [4.78, 5) is 13.5. The van der Waals surface area contributed by atoms with Crippen LogP contribution in [0.3, 0.4) is 0 Å². The average Bonchev–Trinajstić information content (AvgIpc) is 3.26. The molecule has 6 aromatic rings. The molecule has 0 amide bonds. The molecular formula is C39H33IrN3-2. The first-order valence-electron chi connectivity index (χ1n) is 14.3. The van der Waals surface area contributed by atoms with E-state index in [2.05, 4.69) is 134 Å². The minimum Gasteiger partial charge on any atom is -0.317 e. The molecule has 0 saturated heterocycles. The fourth-order valence-electron chi connectivity index (χ4n) is 5.60. The van der Waals surface area contributed by atoms with Gasteiger partial charge in [-0.15, -0.1) is 35.4 Å². The summed E-state index contributed by atoms with van der Waals surface area (Å²) >= 11 is 0. The van der Waals surface area contributed by atoms with Crippen molar-refractivity contribution in [1.29, 1.82) is 0 Å². The average molecular weight is 736 g/mol. The Labute approximate surface area is 268 Å². The van der Waals surface area contributed by atoms with Crippen LogP contribution in [0.1, 0.15) is 41.7 Å². The molecule has 0 atom stereocenters. The van der Waals surface area contributed by atoms with Crippen LogP contribution in [-0.4, -0.2) is 15.0 Å². The number of nitrogens with zero attached hydrogens (tertiary/aromatic N) is 3. The summed E-state index contributed by atoms with van der Waals surface area (Å²) in [5, 5.41) is 0. The van der Waals surface area contributed by atoms with Crippen molar-refractivity contribution >= 4 is 0 Å². The van der Waals surface area contributed by atoms with E-state index in [1.54, 1.807) is 6.20 Å². The Hall–Kier alpha value is -4.24. The summed E-state index contributed by atoms with van der Waals surface area (Å²) in [6, 6.07) is 37.8. The van der Waals surface area contributed by atoms with Crippen LogP contribution < -0.4 is 0 Å². The summed E-state index contributed by atoms with van der Waals surface area (Å²) in [6.07, 6.45) is 5.68. The van der Waals surface area contributed by atoms with Crippen LogP contribution in [0.25, 0.3) is 44.9 Å². The molecule has 1 aliphatic carbocycles. The molecule has 215 valence electrons. The molecule has 0 N–H and O–H groups in total. The first-order valence-corrected chi connectivity index (χ1v) is 14.3. The molecule has 4 heteroatoms. The van der Waals surface area contributed by atoms with E-state index in [1.165, 1.54) is 50.1 Å². The van der Waals surface area contributed by atoms with E-state index in [0.29, 0.717) is 0 Å². The van der Waals surface area contributed by atoms with E-state index in [-0.39, 0.29) is 25.5 Å². The SMILES string of the molecule is CC1(C)c2ccccc2-c2cnc(-c3[c-]cccn3)cc21.Cc1cnc(-c2[c-]cc(C)c(-c3ccccc3)c2)cc1C.[Ir]. The van der Waals surface area contributed by atoms with Gasteiger partial charge in [-0.2, -0.15) is 12.1 Å². The van der Waals surface area contributed by atoms with Gasteiger partial charge in [-0.3, -0.25) is 4.98 Å². The van der Waals surface area contributed by atoms with Gasteiger partial charge in [0.1, 0.15) is 0 Å². The zero-order chi connectivity index (χ0) is 29.3. The Morgan fingerprint density at radius 1 is 0.605 bits per heavy atom. The number of benzene rings is 3. The monoisotopic (exact) mass is 736 g/mol. The second kappa shape index (κ2) is 12.6. The third-order valence-corrected chi connectivity index (χ3v) is 8.21. The summed E-state index contributed by atoms with van der Waals surface area (Å²) in [5.74, 6) is 0. The molecular weight excluding hydrogens is 703 g/mol. The molecule has 0 unspecified atom stereocenters. The van der Waals surface area contributed by atoms with Gasteiger partial charge in [0.25, 0.3) is 0 Å². The number of rotatable bonds is 3. The molecule has 3 nitrogen and oxygen atoms in total. The van der Waals surface area contributed by atoms with E-state index in [9.17, 15) is 0 Å². The fourth-order valence-corrected chi connectivity index (χ4v) is 5.60. The van der Waals surface area contributed by atoms with Gasteiger partial charge in [0.15, 0.2) is 0 Å². The molecule has 0 saturated carbocycles. The summed E-state index contributed by atoms with van der Waals surface area (Å²) < 4.78 is 0. The first-order chi connectivity index (χ1) is 20.3. The predicted octanol–water partition coefficient (Wildman–Crippen LogP) is 9.39. The smallest absolute Gasteiger partial charge is 0.0207 e. The van der Waals surface area contributed by atoms with Crippen molar-refractivity contribution in [2.45, 2.75) is 40.0 Å². The number of pyridine rings is 3.